The molecule has 2 aliphatic rings. The summed E-state index contributed by atoms with van der Waals surface area (Å²) < 4.78 is 0. The number of hydrogen-bond donors (Lipinski definition) is 2. The van der Waals surface area contributed by atoms with E-state index in [9.17, 15) is 9.59 Å². The number of rotatable bonds is 5. The molecule has 1 aliphatic carbocycles. The number of amides is 2. The summed E-state index contributed by atoms with van der Waals surface area (Å²) in [6.07, 6.45) is 8.08. The topological polar surface area (TPSA) is 75.4 Å². The maximum Gasteiger partial charge on any atom is 0.254 e. The van der Waals surface area contributed by atoms with Gasteiger partial charge >= 0.3 is 0 Å². The fourth-order valence-corrected chi connectivity index (χ4v) is 3.96. The quantitative estimate of drug-likeness (QED) is 0.859. The minimum absolute atomic E-state index is 0.0331. The van der Waals surface area contributed by atoms with Crippen molar-refractivity contribution in [3.05, 3.63) is 34.9 Å². The van der Waals surface area contributed by atoms with Crippen LogP contribution >= 0.6 is 0 Å². The van der Waals surface area contributed by atoms with Gasteiger partial charge in [-0.15, -0.1) is 0 Å². The fourth-order valence-electron chi connectivity index (χ4n) is 3.96. The van der Waals surface area contributed by atoms with E-state index in [1.54, 1.807) is 0 Å². The number of carbonyl (C=O) groups is 2. The van der Waals surface area contributed by atoms with Gasteiger partial charge in [0.25, 0.3) is 5.91 Å². The summed E-state index contributed by atoms with van der Waals surface area (Å²) in [5, 5.41) is 2.93. The molecule has 3 N–H and O–H groups in total. The third-order valence-corrected chi connectivity index (χ3v) is 5.39. The Hall–Kier alpha value is -1.88. The number of nitrogens with zero attached hydrogens (tertiary/aromatic N) is 1. The Labute approximate surface area is 150 Å². The molecule has 136 valence electrons. The van der Waals surface area contributed by atoms with Crippen molar-refractivity contribution in [1.29, 1.82) is 0 Å². The molecule has 3 rings (SSSR count). The maximum absolute atomic E-state index is 13.1. The predicted molar refractivity (Wildman–Crippen MR) is 98.4 cm³/mol. The molecule has 1 saturated heterocycles. The van der Waals surface area contributed by atoms with Gasteiger partial charge in [-0.3, -0.25) is 9.59 Å². The van der Waals surface area contributed by atoms with Crippen LogP contribution in [0.3, 0.4) is 0 Å². The Morgan fingerprint density at radius 2 is 1.92 bits per heavy atom. The van der Waals surface area contributed by atoms with E-state index in [0.717, 1.165) is 44.2 Å². The highest BCUT2D eigenvalue weighted by Gasteiger charge is 2.28. The third kappa shape index (κ3) is 4.40. The number of nitrogens with one attached hydrogen (secondary N) is 1. The molecule has 0 radical (unpaired) electrons. The van der Waals surface area contributed by atoms with Gasteiger partial charge < -0.3 is 16.0 Å². The van der Waals surface area contributed by atoms with Crippen LogP contribution < -0.4 is 11.1 Å². The van der Waals surface area contributed by atoms with Crippen molar-refractivity contribution in [2.24, 2.45) is 5.73 Å². The molecule has 1 aromatic carbocycles. The summed E-state index contributed by atoms with van der Waals surface area (Å²) in [4.78, 5) is 26.7. The lowest BCUT2D eigenvalue weighted by atomic mass is 9.90. The van der Waals surface area contributed by atoms with Crippen LogP contribution in [0.4, 0.5) is 0 Å². The first-order chi connectivity index (χ1) is 12.2. The summed E-state index contributed by atoms with van der Waals surface area (Å²) in [6.45, 7) is 1.65. The summed E-state index contributed by atoms with van der Waals surface area (Å²) in [6, 6.07) is 6.28. The Morgan fingerprint density at radius 3 is 2.72 bits per heavy atom. The second-order valence-corrected chi connectivity index (χ2v) is 7.18. The smallest absolute Gasteiger partial charge is 0.254 e. The molecule has 0 saturated carbocycles. The molecule has 25 heavy (non-hydrogen) atoms. The lowest BCUT2D eigenvalue weighted by molar-refractivity contribution is -0.121. The van der Waals surface area contributed by atoms with Crippen LogP contribution in [0.15, 0.2) is 18.2 Å². The average molecular weight is 343 g/mol. The molecule has 2 amide bonds. The van der Waals surface area contributed by atoms with Gasteiger partial charge in [0.1, 0.15) is 0 Å². The largest absolute Gasteiger partial charge is 0.354 e. The van der Waals surface area contributed by atoms with E-state index >= 15 is 0 Å². The van der Waals surface area contributed by atoms with E-state index in [1.165, 1.54) is 24.0 Å². The summed E-state index contributed by atoms with van der Waals surface area (Å²) in [5.74, 6) is 0.0698. The minimum Gasteiger partial charge on any atom is -0.354 e. The number of hydrogen-bond acceptors (Lipinski definition) is 3. The van der Waals surface area contributed by atoms with Gasteiger partial charge in [0.15, 0.2) is 0 Å². The zero-order chi connectivity index (χ0) is 17.6. The van der Waals surface area contributed by atoms with Crippen molar-refractivity contribution in [2.45, 2.75) is 57.4 Å². The number of benzene rings is 1. The Morgan fingerprint density at radius 1 is 1.12 bits per heavy atom. The molecular weight excluding hydrogens is 314 g/mol. The van der Waals surface area contributed by atoms with Crippen LogP contribution in [-0.4, -0.2) is 42.4 Å². The molecular formula is C20H29N3O2. The number of piperidine rings is 1. The van der Waals surface area contributed by atoms with Crippen molar-refractivity contribution < 1.29 is 9.59 Å². The molecule has 1 fully saturated rings. The second-order valence-electron chi connectivity index (χ2n) is 7.18. The van der Waals surface area contributed by atoms with Crippen LogP contribution in [0.5, 0.6) is 0 Å². The molecule has 1 unspecified atom stereocenters. The van der Waals surface area contributed by atoms with Crippen LogP contribution in [0.25, 0.3) is 0 Å². The molecule has 0 spiro atoms. The minimum atomic E-state index is -0.0331. The lowest BCUT2D eigenvalue weighted by Crippen LogP contribution is -2.49. The zero-order valence-electron chi connectivity index (χ0n) is 14.9. The fraction of sp³-hybridized carbons (Fsp3) is 0.600. The molecule has 5 nitrogen and oxygen atoms in total. The summed E-state index contributed by atoms with van der Waals surface area (Å²) >= 11 is 0. The van der Waals surface area contributed by atoms with E-state index < -0.39 is 0 Å². The average Bonchev–Trinajstić information content (AvgIpc) is 2.66. The van der Waals surface area contributed by atoms with Crippen molar-refractivity contribution >= 4 is 11.8 Å². The highest BCUT2D eigenvalue weighted by atomic mass is 16.2. The Balaban J connectivity index is 1.69. The standard InChI is InChI=1S/C20H29N3O2/c21-11-10-19(24)22-14-18-7-3-4-12-23(18)20(25)17-9-8-15-5-1-2-6-16(15)13-17/h8-9,13,18H,1-7,10-12,14,21H2,(H,22,24). The van der Waals surface area contributed by atoms with Crippen molar-refractivity contribution in [3.8, 4) is 0 Å². The van der Waals surface area contributed by atoms with E-state index in [1.807, 2.05) is 11.0 Å². The van der Waals surface area contributed by atoms with Gasteiger partial charge in [0.2, 0.25) is 5.91 Å². The summed E-state index contributed by atoms with van der Waals surface area (Å²) in [5.41, 5.74) is 8.94. The van der Waals surface area contributed by atoms with Gasteiger partial charge in [0.05, 0.1) is 0 Å². The molecule has 5 heteroatoms. The highest BCUT2D eigenvalue weighted by molar-refractivity contribution is 5.95. The van der Waals surface area contributed by atoms with E-state index in [-0.39, 0.29) is 17.9 Å². The number of carbonyl (C=O) groups excluding carboxylic acids is 2. The van der Waals surface area contributed by atoms with Crippen molar-refractivity contribution in [3.63, 3.8) is 0 Å². The van der Waals surface area contributed by atoms with Crippen LogP contribution in [0.1, 0.15) is 60.0 Å². The SMILES string of the molecule is NCCC(=O)NCC1CCCCN1C(=O)c1ccc2c(c1)CCCC2. The van der Waals surface area contributed by atoms with E-state index in [0.29, 0.717) is 19.5 Å². The Bertz CT molecular complexity index is 629. The first-order valence-corrected chi connectivity index (χ1v) is 9.58. The van der Waals surface area contributed by atoms with E-state index in [2.05, 4.69) is 17.4 Å². The van der Waals surface area contributed by atoms with Gasteiger partial charge in [0, 0.05) is 37.7 Å². The van der Waals surface area contributed by atoms with Crippen LogP contribution in [0.2, 0.25) is 0 Å². The number of aryl methyl sites for hydroxylation is 2. The molecule has 1 aromatic rings. The first-order valence-electron chi connectivity index (χ1n) is 9.58. The first kappa shape index (κ1) is 17.9. The Kier molecular flexibility index (Phi) is 6.08. The summed E-state index contributed by atoms with van der Waals surface area (Å²) in [7, 11) is 0. The number of fused-ring (bicyclic) bond motifs is 1. The molecule has 0 bridgehead atoms. The molecule has 1 aliphatic heterocycles. The van der Waals surface area contributed by atoms with Crippen LogP contribution in [0, 0.1) is 0 Å². The number of nitrogens with two attached hydrogens (primary N) is 1. The van der Waals surface area contributed by atoms with Crippen molar-refractivity contribution in [2.75, 3.05) is 19.6 Å². The van der Waals surface area contributed by atoms with Gasteiger partial charge in [-0.2, -0.15) is 0 Å². The van der Waals surface area contributed by atoms with Gasteiger partial charge in [-0.05, 0) is 68.2 Å². The lowest BCUT2D eigenvalue weighted by Gasteiger charge is -2.36. The second kappa shape index (κ2) is 8.48. The molecule has 0 aromatic heterocycles. The predicted octanol–water partition coefficient (Wildman–Crippen LogP) is 2.03. The third-order valence-electron chi connectivity index (χ3n) is 5.39. The van der Waals surface area contributed by atoms with Crippen molar-refractivity contribution in [1.82, 2.24) is 10.2 Å². The van der Waals surface area contributed by atoms with Gasteiger partial charge in [-0.25, -0.2) is 0 Å². The molecule has 1 heterocycles. The van der Waals surface area contributed by atoms with Crippen LogP contribution in [-0.2, 0) is 17.6 Å². The normalized spacial score (nSPS) is 20.0. The maximum atomic E-state index is 13.1. The molecule has 1 atom stereocenters. The zero-order valence-corrected chi connectivity index (χ0v) is 14.9. The monoisotopic (exact) mass is 343 g/mol. The van der Waals surface area contributed by atoms with E-state index in [4.69, 9.17) is 5.73 Å². The number of likely N-dealkylation sites (tertiary alicyclic amines) is 1. The highest BCUT2D eigenvalue weighted by Crippen LogP contribution is 2.25. The van der Waals surface area contributed by atoms with Gasteiger partial charge in [-0.1, -0.05) is 6.07 Å².